The van der Waals surface area contributed by atoms with Gasteiger partial charge in [-0.15, -0.1) is 10.2 Å². The zero-order valence-electron chi connectivity index (χ0n) is 20.6. The summed E-state index contributed by atoms with van der Waals surface area (Å²) in [6, 6.07) is 16.6. The maximum atomic E-state index is 13.4. The maximum absolute atomic E-state index is 13.4. The molecule has 1 aromatic heterocycles. The van der Waals surface area contributed by atoms with E-state index in [0.717, 1.165) is 22.6 Å². The van der Waals surface area contributed by atoms with Crippen LogP contribution in [0.25, 0.3) is 11.3 Å². The Hall–Kier alpha value is -3.50. The number of sulfonamides is 1. The molecule has 1 amide bonds. The molecule has 0 radical (unpaired) electrons. The number of carbonyl (C=O) groups excluding carboxylic acids is 1. The summed E-state index contributed by atoms with van der Waals surface area (Å²) in [4.78, 5) is 16.0. The van der Waals surface area contributed by atoms with Crippen LogP contribution >= 0.6 is 0 Å². The number of benzene rings is 2. The van der Waals surface area contributed by atoms with Crippen molar-refractivity contribution in [2.75, 3.05) is 43.1 Å². The van der Waals surface area contributed by atoms with E-state index in [-0.39, 0.29) is 16.8 Å². The third-order valence-corrected chi connectivity index (χ3v) is 8.73. The van der Waals surface area contributed by atoms with Gasteiger partial charge in [-0.1, -0.05) is 12.1 Å². The van der Waals surface area contributed by atoms with Crippen LogP contribution in [0, 0.1) is 0 Å². The predicted octanol–water partition coefficient (Wildman–Crippen LogP) is 2.96. The maximum Gasteiger partial charge on any atom is 0.243 e. The van der Waals surface area contributed by atoms with Crippen molar-refractivity contribution in [3.63, 3.8) is 0 Å². The number of rotatable bonds is 5. The number of piperazine rings is 1. The van der Waals surface area contributed by atoms with Gasteiger partial charge in [0, 0.05) is 50.4 Å². The van der Waals surface area contributed by atoms with Crippen molar-refractivity contribution in [1.82, 2.24) is 14.5 Å². The molecule has 2 aliphatic rings. The Morgan fingerprint density at radius 1 is 1.00 bits per heavy atom. The van der Waals surface area contributed by atoms with Crippen LogP contribution in [0.1, 0.15) is 19.4 Å². The van der Waals surface area contributed by atoms with E-state index in [1.54, 1.807) is 30.2 Å². The summed E-state index contributed by atoms with van der Waals surface area (Å²) in [6.07, 6.45) is 0.648. The first kappa shape index (κ1) is 24.2. The van der Waals surface area contributed by atoms with Gasteiger partial charge in [0.05, 0.1) is 17.7 Å². The van der Waals surface area contributed by atoms with Gasteiger partial charge in [0.1, 0.15) is 5.75 Å². The summed E-state index contributed by atoms with van der Waals surface area (Å²) in [5.41, 5.74) is 3.27. The molecule has 0 bridgehead atoms. The van der Waals surface area contributed by atoms with E-state index in [9.17, 15) is 13.2 Å². The fourth-order valence-electron chi connectivity index (χ4n) is 5.05. The first-order chi connectivity index (χ1) is 17.3. The summed E-state index contributed by atoms with van der Waals surface area (Å²) in [5.74, 6) is 1.40. The molecule has 3 heterocycles. The smallest absolute Gasteiger partial charge is 0.243 e. The molecule has 2 aromatic carbocycles. The molecule has 5 rings (SSSR count). The largest absolute Gasteiger partial charge is 0.496 e. The fourth-order valence-corrected chi connectivity index (χ4v) is 6.52. The van der Waals surface area contributed by atoms with Crippen LogP contribution in [0.3, 0.4) is 0 Å². The van der Waals surface area contributed by atoms with Crippen LogP contribution in [0.2, 0.25) is 0 Å². The number of anilines is 2. The van der Waals surface area contributed by atoms with E-state index in [1.165, 1.54) is 11.2 Å². The zero-order valence-corrected chi connectivity index (χ0v) is 21.4. The Labute approximate surface area is 211 Å². The van der Waals surface area contributed by atoms with Gasteiger partial charge in [0.15, 0.2) is 5.82 Å². The predicted molar refractivity (Wildman–Crippen MR) is 138 cm³/mol. The second kappa shape index (κ2) is 9.51. The summed E-state index contributed by atoms with van der Waals surface area (Å²) in [6.45, 7) is 5.24. The van der Waals surface area contributed by atoms with E-state index in [4.69, 9.17) is 4.74 Å². The molecule has 1 fully saturated rings. The van der Waals surface area contributed by atoms with Gasteiger partial charge in [-0.25, -0.2) is 8.42 Å². The molecule has 1 saturated heterocycles. The molecule has 188 valence electrons. The first-order valence-electron chi connectivity index (χ1n) is 11.9. The Bertz CT molecular complexity index is 1390. The first-order valence-corrected chi connectivity index (χ1v) is 13.4. The van der Waals surface area contributed by atoms with Crippen LogP contribution in [-0.4, -0.2) is 68.2 Å². The number of hydrogen-bond acceptors (Lipinski definition) is 7. The molecule has 36 heavy (non-hydrogen) atoms. The Morgan fingerprint density at radius 3 is 2.42 bits per heavy atom. The van der Waals surface area contributed by atoms with Crippen molar-refractivity contribution in [1.29, 1.82) is 0 Å². The molecule has 1 unspecified atom stereocenters. The second-order valence-electron chi connectivity index (χ2n) is 9.10. The highest BCUT2D eigenvalue weighted by Crippen LogP contribution is 2.35. The number of nitrogens with zero attached hydrogens (tertiary/aromatic N) is 5. The van der Waals surface area contributed by atoms with E-state index in [1.807, 2.05) is 48.2 Å². The van der Waals surface area contributed by atoms with E-state index in [2.05, 4.69) is 10.2 Å². The number of aromatic nitrogens is 2. The van der Waals surface area contributed by atoms with Gasteiger partial charge < -0.3 is 14.5 Å². The monoisotopic (exact) mass is 507 g/mol. The average molecular weight is 508 g/mol. The Kier molecular flexibility index (Phi) is 6.40. The number of methoxy groups -OCH3 is 1. The lowest BCUT2D eigenvalue weighted by atomic mass is 10.1. The van der Waals surface area contributed by atoms with Crippen LogP contribution in [-0.2, 0) is 21.2 Å². The molecule has 10 heteroatoms. The van der Waals surface area contributed by atoms with Crippen molar-refractivity contribution in [3.8, 4) is 17.0 Å². The topological polar surface area (TPSA) is 95.9 Å². The van der Waals surface area contributed by atoms with E-state index >= 15 is 0 Å². The molecule has 0 saturated carbocycles. The van der Waals surface area contributed by atoms with Crippen LogP contribution in [0.15, 0.2) is 59.5 Å². The lowest BCUT2D eigenvalue weighted by Crippen LogP contribution is -2.49. The van der Waals surface area contributed by atoms with Gasteiger partial charge in [-0.2, -0.15) is 4.31 Å². The van der Waals surface area contributed by atoms with Crippen molar-refractivity contribution < 1.29 is 17.9 Å². The molecule has 0 spiro atoms. The van der Waals surface area contributed by atoms with Gasteiger partial charge >= 0.3 is 0 Å². The number of fused-ring (bicyclic) bond motifs is 1. The van der Waals surface area contributed by atoms with Crippen molar-refractivity contribution in [2.24, 2.45) is 0 Å². The molecule has 0 aliphatic carbocycles. The fraction of sp³-hybridized carbons (Fsp3) is 0.346. The highest BCUT2D eigenvalue weighted by molar-refractivity contribution is 7.89. The lowest BCUT2D eigenvalue weighted by molar-refractivity contribution is -0.116. The summed E-state index contributed by atoms with van der Waals surface area (Å²) in [7, 11) is -2.02. The Morgan fingerprint density at radius 2 is 1.75 bits per heavy atom. The number of amides is 1. The summed E-state index contributed by atoms with van der Waals surface area (Å²) in [5, 5.41) is 8.76. The van der Waals surface area contributed by atoms with Crippen molar-refractivity contribution in [3.05, 3.63) is 60.2 Å². The third-order valence-electron chi connectivity index (χ3n) is 6.84. The molecular formula is C26H29N5O4S. The number of para-hydroxylation sites is 1. The normalized spacial score (nSPS) is 18.2. The lowest BCUT2D eigenvalue weighted by Gasteiger charge is -2.34. The number of carbonyl (C=O) groups is 1. The number of hydrogen-bond donors (Lipinski definition) is 0. The highest BCUT2D eigenvalue weighted by atomic mass is 32.2. The van der Waals surface area contributed by atoms with Crippen LogP contribution < -0.4 is 14.5 Å². The average Bonchev–Trinajstić information content (AvgIpc) is 3.24. The van der Waals surface area contributed by atoms with Crippen LogP contribution in [0.5, 0.6) is 5.75 Å². The van der Waals surface area contributed by atoms with Gasteiger partial charge in [-0.3, -0.25) is 4.79 Å². The molecule has 0 N–H and O–H groups in total. The van der Waals surface area contributed by atoms with Crippen molar-refractivity contribution >= 4 is 27.4 Å². The highest BCUT2D eigenvalue weighted by Gasteiger charge is 2.33. The minimum atomic E-state index is -3.64. The second-order valence-corrected chi connectivity index (χ2v) is 11.0. The summed E-state index contributed by atoms with van der Waals surface area (Å²) >= 11 is 0. The SMILES string of the molecule is COc1ccccc1-c1ccc(N2CCN(S(=O)(=O)c3ccc4c(c3)CC(C)N4C(C)=O)CC2)nn1. The standard InChI is InChI=1S/C26H29N5O4S/c1-18-16-20-17-21(8-10-24(20)31(18)19(2)32)36(33,34)30-14-12-29(13-15-30)26-11-9-23(27-28-26)22-6-4-5-7-25(22)35-3/h4-11,17-18H,12-16H2,1-3H3. The number of ether oxygens (including phenoxy) is 1. The van der Waals surface area contributed by atoms with E-state index < -0.39 is 10.0 Å². The Balaban J connectivity index is 1.28. The van der Waals surface area contributed by atoms with Gasteiger partial charge in [0.2, 0.25) is 15.9 Å². The van der Waals surface area contributed by atoms with Crippen molar-refractivity contribution in [2.45, 2.75) is 31.2 Å². The minimum absolute atomic E-state index is 0.0227. The molecule has 3 aromatic rings. The molecule has 1 atom stereocenters. The molecule has 9 nitrogen and oxygen atoms in total. The third kappa shape index (κ3) is 4.31. The molecular weight excluding hydrogens is 478 g/mol. The van der Waals surface area contributed by atoms with Crippen LogP contribution in [0.4, 0.5) is 11.5 Å². The molecule has 2 aliphatic heterocycles. The van der Waals surface area contributed by atoms with Gasteiger partial charge in [-0.05, 0) is 61.4 Å². The van der Waals surface area contributed by atoms with E-state index in [0.29, 0.717) is 44.1 Å². The zero-order chi connectivity index (χ0) is 25.4. The quantitative estimate of drug-likeness (QED) is 0.524. The van der Waals surface area contributed by atoms with Gasteiger partial charge in [0.25, 0.3) is 0 Å². The summed E-state index contributed by atoms with van der Waals surface area (Å²) < 4.78 is 33.7. The minimum Gasteiger partial charge on any atom is -0.496 e.